The lowest BCUT2D eigenvalue weighted by Crippen LogP contribution is -2.50. The molecule has 0 bridgehead atoms. The number of hydrazine groups is 1. The van der Waals surface area contributed by atoms with Crippen molar-refractivity contribution in [1.29, 1.82) is 0 Å². The van der Waals surface area contributed by atoms with Gasteiger partial charge in [-0.15, -0.1) is 0 Å². The number of amides is 3. The van der Waals surface area contributed by atoms with Crippen molar-refractivity contribution in [1.82, 2.24) is 20.7 Å². The Morgan fingerprint density at radius 3 is 2.54 bits per heavy atom. The lowest BCUT2D eigenvalue weighted by atomic mass is 10.1. The Morgan fingerprint density at radius 1 is 1.23 bits per heavy atom. The van der Waals surface area contributed by atoms with Gasteiger partial charge < -0.3 is 10.4 Å². The van der Waals surface area contributed by atoms with Gasteiger partial charge in [-0.05, 0) is 24.2 Å². The first-order valence-corrected chi connectivity index (χ1v) is 8.68. The quantitative estimate of drug-likeness (QED) is 0.547. The Morgan fingerprint density at radius 2 is 1.92 bits per heavy atom. The number of thiocarbonyl (C=S) groups is 1. The van der Waals surface area contributed by atoms with Crippen LogP contribution in [0, 0.1) is 0 Å². The van der Waals surface area contributed by atoms with Crippen molar-refractivity contribution in [3.05, 3.63) is 35.9 Å². The van der Waals surface area contributed by atoms with E-state index in [4.69, 9.17) is 17.3 Å². The molecule has 3 N–H and O–H groups in total. The summed E-state index contributed by atoms with van der Waals surface area (Å²) in [6.07, 6.45) is 0.268. The molecule has 1 aromatic carbocycles. The Labute approximate surface area is 157 Å². The number of aliphatic hydroxyl groups excluding tert-OH is 1. The molecule has 1 fully saturated rings. The number of nitrogens with one attached hydrogen (secondary N) is 2. The number of hydrogen-bond acceptors (Lipinski definition) is 5. The maximum absolute atomic E-state index is 12.8. The molecule has 26 heavy (non-hydrogen) atoms. The van der Waals surface area contributed by atoms with Crippen molar-refractivity contribution in [2.45, 2.75) is 31.8 Å². The van der Waals surface area contributed by atoms with Crippen LogP contribution in [-0.2, 0) is 20.9 Å². The molecule has 0 saturated carbocycles. The molecule has 1 heterocycles. The molecular formula is C17H22N4O4S. The van der Waals surface area contributed by atoms with E-state index in [-0.39, 0.29) is 48.8 Å². The number of benzene rings is 1. The van der Waals surface area contributed by atoms with Crippen molar-refractivity contribution in [3.8, 4) is 0 Å². The number of aliphatic hydroxyl groups is 1. The molecule has 1 aliphatic heterocycles. The highest BCUT2D eigenvalue weighted by molar-refractivity contribution is 7.80. The van der Waals surface area contributed by atoms with Gasteiger partial charge in [-0.2, -0.15) is 0 Å². The van der Waals surface area contributed by atoms with E-state index in [9.17, 15) is 14.4 Å². The normalized spacial score (nSPS) is 16.8. The van der Waals surface area contributed by atoms with Crippen LogP contribution < -0.4 is 10.7 Å². The smallest absolute Gasteiger partial charge is 0.254 e. The summed E-state index contributed by atoms with van der Waals surface area (Å²) >= 11 is 5.37. The Balaban J connectivity index is 2.18. The molecule has 0 aliphatic carbocycles. The van der Waals surface area contributed by atoms with Gasteiger partial charge in [0.25, 0.3) is 5.91 Å². The van der Waals surface area contributed by atoms with Crippen LogP contribution >= 0.6 is 12.2 Å². The summed E-state index contributed by atoms with van der Waals surface area (Å²) in [6.45, 7) is 0.143. The van der Waals surface area contributed by atoms with Crippen LogP contribution in [0.4, 0.5) is 0 Å². The van der Waals surface area contributed by atoms with E-state index >= 15 is 0 Å². The summed E-state index contributed by atoms with van der Waals surface area (Å²) < 4.78 is 0. The molecule has 0 aromatic heterocycles. The second-order valence-corrected chi connectivity index (χ2v) is 6.18. The highest BCUT2D eigenvalue weighted by Gasteiger charge is 2.44. The van der Waals surface area contributed by atoms with Crippen LogP contribution in [0.1, 0.15) is 24.8 Å². The first-order chi connectivity index (χ1) is 12.5. The first kappa shape index (κ1) is 19.8. The molecule has 2 rings (SSSR count). The summed E-state index contributed by atoms with van der Waals surface area (Å²) in [6, 6.07) is 8.42. The predicted molar refractivity (Wildman–Crippen MR) is 98.4 cm³/mol. The van der Waals surface area contributed by atoms with Crippen LogP contribution in [0.2, 0.25) is 0 Å². The molecule has 140 valence electrons. The topological polar surface area (TPSA) is 102 Å². The lowest BCUT2D eigenvalue weighted by Gasteiger charge is -2.24. The van der Waals surface area contributed by atoms with Crippen LogP contribution in [-0.4, -0.2) is 57.5 Å². The zero-order valence-electron chi connectivity index (χ0n) is 14.5. The van der Waals surface area contributed by atoms with Crippen LogP contribution in [0.15, 0.2) is 30.3 Å². The third-order valence-corrected chi connectivity index (χ3v) is 4.37. The highest BCUT2D eigenvalue weighted by atomic mass is 32.1. The maximum Gasteiger partial charge on any atom is 0.254 e. The van der Waals surface area contributed by atoms with Gasteiger partial charge in [0, 0.05) is 20.1 Å². The van der Waals surface area contributed by atoms with Crippen molar-refractivity contribution < 1.29 is 19.5 Å². The summed E-state index contributed by atoms with van der Waals surface area (Å²) in [5, 5.41) is 12.7. The Bertz CT molecular complexity index is 683. The average Bonchev–Trinajstić information content (AvgIpc) is 2.85. The van der Waals surface area contributed by atoms with Gasteiger partial charge in [-0.3, -0.25) is 24.7 Å². The molecule has 1 unspecified atom stereocenters. The monoisotopic (exact) mass is 378 g/mol. The third kappa shape index (κ3) is 4.77. The summed E-state index contributed by atoms with van der Waals surface area (Å²) in [5.41, 5.74) is 3.47. The molecular weight excluding hydrogens is 356 g/mol. The van der Waals surface area contributed by atoms with E-state index in [0.717, 1.165) is 5.56 Å². The molecule has 9 heteroatoms. The minimum Gasteiger partial charge on any atom is -0.396 e. The standard InChI is InChI=1S/C17H22N4O4S/c1-18-15(24)10-13-16(25)20(11-12-6-3-2-4-7-12)17(26)21(13)19-14(23)8-5-9-22/h2-4,6-7,13,22H,5,8-11H2,1H3,(H,18,24)(H,19,23). The van der Waals surface area contributed by atoms with Crippen molar-refractivity contribution >= 4 is 35.1 Å². The first-order valence-electron chi connectivity index (χ1n) is 8.27. The minimum atomic E-state index is -0.899. The van der Waals surface area contributed by atoms with Gasteiger partial charge in [0.2, 0.25) is 11.8 Å². The van der Waals surface area contributed by atoms with Gasteiger partial charge >= 0.3 is 0 Å². The van der Waals surface area contributed by atoms with E-state index in [2.05, 4.69) is 10.7 Å². The molecule has 3 amide bonds. The number of hydrogen-bond donors (Lipinski definition) is 3. The van der Waals surface area contributed by atoms with Crippen molar-refractivity contribution in [3.63, 3.8) is 0 Å². The Kier molecular flexibility index (Phi) is 7.05. The maximum atomic E-state index is 12.8. The van der Waals surface area contributed by atoms with E-state index in [1.165, 1.54) is 17.0 Å². The van der Waals surface area contributed by atoms with Gasteiger partial charge in [0.05, 0.1) is 13.0 Å². The average molecular weight is 378 g/mol. The number of carbonyl (C=O) groups excluding carboxylic acids is 3. The fourth-order valence-electron chi connectivity index (χ4n) is 2.57. The summed E-state index contributed by atoms with van der Waals surface area (Å²) in [7, 11) is 1.48. The van der Waals surface area contributed by atoms with Crippen molar-refractivity contribution in [2.75, 3.05) is 13.7 Å². The fraction of sp³-hybridized carbons (Fsp3) is 0.412. The Hall–Kier alpha value is -2.52. The molecule has 1 saturated heterocycles. The highest BCUT2D eigenvalue weighted by Crippen LogP contribution is 2.21. The largest absolute Gasteiger partial charge is 0.396 e. The molecule has 1 aromatic rings. The predicted octanol–water partition coefficient (Wildman–Crippen LogP) is -0.0759. The zero-order valence-corrected chi connectivity index (χ0v) is 15.3. The third-order valence-electron chi connectivity index (χ3n) is 3.95. The SMILES string of the molecule is CNC(=O)CC1C(=O)N(Cc2ccccc2)C(=S)N1NC(=O)CCCO. The zero-order chi connectivity index (χ0) is 19.1. The second kappa shape index (κ2) is 9.25. The van der Waals surface area contributed by atoms with Crippen molar-refractivity contribution in [2.24, 2.45) is 0 Å². The number of nitrogens with zero attached hydrogens (tertiary/aromatic N) is 2. The summed E-state index contributed by atoms with van der Waals surface area (Å²) in [4.78, 5) is 38.0. The molecule has 8 nitrogen and oxygen atoms in total. The minimum absolute atomic E-state index is 0.0924. The molecule has 0 radical (unpaired) electrons. The van der Waals surface area contributed by atoms with Gasteiger partial charge in [-0.1, -0.05) is 30.3 Å². The lowest BCUT2D eigenvalue weighted by molar-refractivity contribution is -0.134. The van der Waals surface area contributed by atoms with E-state index < -0.39 is 6.04 Å². The van der Waals surface area contributed by atoms with Gasteiger partial charge in [0.15, 0.2) is 5.11 Å². The van der Waals surface area contributed by atoms with E-state index in [1.807, 2.05) is 30.3 Å². The van der Waals surface area contributed by atoms with Gasteiger partial charge in [0.1, 0.15) is 6.04 Å². The molecule has 1 atom stereocenters. The molecule has 0 spiro atoms. The molecule has 1 aliphatic rings. The number of rotatable bonds is 8. The fourth-order valence-corrected chi connectivity index (χ4v) is 2.90. The number of carbonyl (C=O) groups is 3. The van der Waals surface area contributed by atoms with E-state index in [0.29, 0.717) is 6.42 Å². The van der Waals surface area contributed by atoms with E-state index in [1.54, 1.807) is 0 Å². The van der Waals surface area contributed by atoms with Crippen LogP contribution in [0.25, 0.3) is 0 Å². The second-order valence-electron chi connectivity index (χ2n) is 5.82. The van der Waals surface area contributed by atoms with Crippen LogP contribution in [0.5, 0.6) is 0 Å². The van der Waals surface area contributed by atoms with Gasteiger partial charge in [-0.25, -0.2) is 5.01 Å². The van der Waals surface area contributed by atoms with Crippen LogP contribution in [0.3, 0.4) is 0 Å². The summed E-state index contributed by atoms with van der Waals surface area (Å²) in [5.74, 6) is -1.05.